The molecule has 1 aliphatic rings. The van der Waals surface area contributed by atoms with Crippen LogP contribution in [0.1, 0.15) is 49.8 Å². The highest BCUT2D eigenvalue weighted by Gasteiger charge is 2.31. The molecule has 0 unspecified atom stereocenters. The molecule has 0 radical (unpaired) electrons. The fourth-order valence-electron chi connectivity index (χ4n) is 2.79. The number of rotatable bonds is 4. The number of hydrogen-bond acceptors (Lipinski definition) is 3. The van der Waals surface area contributed by atoms with Crippen LogP contribution in [0.4, 0.5) is 0 Å². The molecule has 0 saturated heterocycles. The standard InChI is InChI=1S/C15H24N2O2/c1-12-13(6-9-19-12)11-17(2)14(18)10-15(16)7-4-3-5-8-15/h6,9H,3-5,7-8,10-11,16H2,1-2H3. The lowest BCUT2D eigenvalue weighted by Crippen LogP contribution is -2.46. The van der Waals surface area contributed by atoms with E-state index in [-0.39, 0.29) is 11.4 Å². The highest BCUT2D eigenvalue weighted by atomic mass is 16.3. The summed E-state index contributed by atoms with van der Waals surface area (Å²) in [5.74, 6) is 1.00. The van der Waals surface area contributed by atoms with Crippen LogP contribution in [0.5, 0.6) is 0 Å². The Hall–Kier alpha value is -1.29. The number of carbonyl (C=O) groups excluding carboxylic acids is 1. The van der Waals surface area contributed by atoms with Crippen LogP contribution >= 0.6 is 0 Å². The molecule has 1 aromatic rings. The molecular weight excluding hydrogens is 240 g/mol. The average molecular weight is 264 g/mol. The van der Waals surface area contributed by atoms with E-state index in [0.717, 1.165) is 37.0 Å². The molecule has 0 spiro atoms. The smallest absolute Gasteiger partial charge is 0.224 e. The lowest BCUT2D eigenvalue weighted by Gasteiger charge is -2.34. The van der Waals surface area contributed by atoms with Crippen molar-refractivity contribution in [3.05, 3.63) is 23.7 Å². The van der Waals surface area contributed by atoms with Gasteiger partial charge in [-0.05, 0) is 25.8 Å². The molecule has 19 heavy (non-hydrogen) atoms. The fourth-order valence-corrected chi connectivity index (χ4v) is 2.79. The van der Waals surface area contributed by atoms with Crippen molar-refractivity contribution in [2.45, 2.75) is 57.5 Å². The van der Waals surface area contributed by atoms with Crippen LogP contribution in [0.25, 0.3) is 0 Å². The first-order chi connectivity index (χ1) is 9.00. The molecule has 1 amide bonds. The summed E-state index contributed by atoms with van der Waals surface area (Å²) in [6, 6.07) is 1.91. The normalized spacial score (nSPS) is 18.3. The van der Waals surface area contributed by atoms with E-state index >= 15 is 0 Å². The van der Waals surface area contributed by atoms with Gasteiger partial charge in [-0.25, -0.2) is 0 Å². The molecule has 0 atom stereocenters. The third kappa shape index (κ3) is 3.60. The van der Waals surface area contributed by atoms with E-state index in [4.69, 9.17) is 10.2 Å². The second-order valence-corrected chi connectivity index (χ2v) is 5.85. The van der Waals surface area contributed by atoms with E-state index in [1.807, 2.05) is 20.0 Å². The zero-order valence-corrected chi connectivity index (χ0v) is 11.9. The summed E-state index contributed by atoms with van der Waals surface area (Å²) in [6.45, 7) is 2.51. The van der Waals surface area contributed by atoms with Crippen molar-refractivity contribution in [1.29, 1.82) is 0 Å². The highest BCUT2D eigenvalue weighted by molar-refractivity contribution is 5.77. The lowest BCUT2D eigenvalue weighted by atomic mass is 9.80. The third-order valence-corrected chi connectivity index (χ3v) is 4.15. The maximum Gasteiger partial charge on any atom is 0.224 e. The second kappa shape index (κ2) is 5.78. The Labute approximate surface area is 114 Å². The van der Waals surface area contributed by atoms with Crippen molar-refractivity contribution < 1.29 is 9.21 Å². The van der Waals surface area contributed by atoms with Crippen LogP contribution in [-0.2, 0) is 11.3 Å². The van der Waals surface area contributed by atoms with E-state index < -0.39 is 0 Å². The number of nitrogens with two attached hydrogens (primary N) is 1. The SMILES string of the molecule is Cc1occc1CN(C)C(=O)CC1(N)CCCCC1. The minimum Gasteiger partial charge on any atom is -0.469 e. The number of hydrogen-bond donors (Lipinski definition) is 1. The summed E-state index contributed by atoms with van der Waals surface area (Å²) in [5, 5.41) is 0. The van der Waals surface area contributed by atoms with Crippen LogP contribution in [0, 0.1) is 6.92 Å². The van der Waals surface area contributed by atoms with Gasteiger partial charge in [0.15, 0.2) is 0 Å². The average Bonchev–Trinajstić information content (AvgIpc) is 2.75. The lowest BCUT2D eigenvalue weighted by molar-refractivity contribution is -0.132. The summed E-state index contributed by atoms with van der Waals surface area (Å²) in [6.07, 6.45) is 7.60. The number of nitrogens with zero attached hydrogens (tertiary/aromatic N) is 1. The Balaban J connectivity index is 1.90. The maximum atomic E-state index is 12.3. The maximum absolute atomic E-state index is 12.3. The number of amides is 1. The zero-order chi connectivity index (χ0) is 13.9. The molecule has 1 heterocycles. The predicted molar refractivity (Wildman–Crippen MR) is 74.5 cm³/mol. The minimum absolute atomic E-state index is 0.130. The van der Waals surface area contributed by atoms with Gasteiger partial charge >= 0.3 is 0 Å². The molecule has 4 nitrogen and oxygen atoms in total. The molecular formula is C15H24N2O2. The third-order valence-electron chi connectivity index (χ3n) is 4.15. The van der Waals surface area contributed by atoms with Crippen molar-refractivity contribution >= 4 is 5.91 Å². The monoisotopic (exact) mass is 264 g/mol. The van der Waals surface area contributed by atoms with Gasteiger partial charge in [0, 0.05) is 31.1 Å². The summed E-state index contributed by atoms with van der Waals surface area (Å²) < 4.78 is 5.25. The molecule has 0 aliphatic heterocycles. The topological polar surface area (TPSA) is 59.5 Å². The van der Waals surface area contributed by atoms with Gasteiger partial charge in [0.2, 0.25) is 5.91 Å². The predicted octanol–water partition coefficient (Wildman–Crippen LogP) is 2.60. The van der Waals surface area contributed by atoms with Crippen LogP contribution < -0.4 is 5.73 Å². The minimum atomic E-state index is -0.283. The molecule has 2 N–H and O–H groups in total. The molecule has 1 aromatic heterocycles. The number of furan rings is 1. The molecule has 0 bridgehead atoms. The van der Waals surface area contributed by atoms with Gasteiger partial charge in [-0.3, -0.25) is 4.79 Å². The Bertz CT molecular complexity index is 433. The first-order valence-corrected chi connectivity index (χ1v) is 7.06. The van der Waals surface area contributed by atoms with Crippen LogP contribution in [0.15, 0.2) is 16.7 Å². The quantitative estimate of drug-likeness (QED) is 0.909. The van der Waals surface area contributed by atoms with E-state index in [9.17, 15) is 4.79 Å². The molecule has 4 heteroatoms. The van der Waals surface area contributed by atoms with Gasteiger partial charge < -0.3 is 15.1 Å². The van der Waals surface area contributed by atoms with E-state index in [1.165, 1.54) is 6.42 Å². The summed E-state index contributed by atoms with van der Waals surface area (Å²) in [7, 11) is 1.83. The van der Waals surface area contributed by atoms with Gasteiger partial charge in [0.05, 0.1) is 6.26 Å². The molecule has 0 aromatic carbocycles. The van der Waals surface area contributed by atoms with E-state index in [1.54, 1.807) is 11.2 Å². The van der Waals surface area contributed by atoms with Crippen molar-refractivity contribution in [1.82, 2.24) is 4.90 Å². The molecule has 2 rings (SSSR count). The molecule has 1 aliphatic carbocycles. The highest BCUT2D eigenvalue weighted by Crippen LogP contribution is 2.29. The number of carbonyl (C=O) groups is 1. The zero-order valence-electron chi connectivity index (χ0n) is 11.9. The number of aryl methyl sites for hydroxylation is 1. The first-order valence-electron chi connectivity index (χ1n) is 7.06. The van der Waals surface area contributed by atoms with E-state index in [2.05, 4.69) is 0 Å². The van der Waals surface area contributed by atoms with Gasteiger partial charge in [-0.1, -0.05) is 19.3 Å². The molecule has 1 fully saturated rings. The molecule has 1 saturated carbocycles. The van der Waals surface area contributed by atoms with Crippen molar-refractivity contribution in [3.63, 3.8) is 0 Å². The second-order valence-electron chi connectivity index (χ2n) is 5.85. The Morgan fingerprint density at radius 2 is 2.11 bits per heavy atom. The fraction of sp³-hybridized carbons (Fsp3) is 0.667. The largest absolute Gasteiger partial charge is 0.469 e. The van der Waals surface area contributed by atoms with Crippen LogP contribution in [0.2, 0.25) is 0 Å². The van der Waals surface area contributed by atoms with Crippen LogP contribution in [0.3, 0.4) is 0 Å². The van der Waals surface area contributed by atoms with Gasteiger partial charge in [0.25, 0.3) is 0 Å². The van der Waals surface area contributed by atoms with Crippen molar-refractivity contribution in [3.8, 4) is 0 Å². The summed E-state index contributed by atoms with van der Waals surface area (Å²) in [5.41, 5.74) is 7.11. The Morgan fingerprint density at radius 1 is 1.42 bits per heavy atom. The summed E-state index contributed by atoms with van der Waals surface area (Å²) in [4.78, 5) is 14.0. The molecule has 106 valence electrons. The summed E-state index contributed by atoms with van der Waals surface area (Å²) >= 11 is 0. The van der Waals surface area contributed by atoms with Crippen molar-refractivity contribution in [2.24, 2.45) is 5.73 Å². The first kappa shape index (κ1) is 14.1. The Morgan fingerprint density at radius 3 is 2.68 bits per heavy atom. The van der Waals surface area contributed by atoms with E-state index in [0.29, 0.717) is 13.0 Å². The van der Waals surface area contributed by atoms with Crippen LogP contribution in [-0.4, -0.2) is 23.4 Å². The van der Waals surface area contributed by atoms with Crippen molar-refractivity contribution in [2.75, 3.05) is 7.05 Å². The van der Waals surface area contributed by atoms with Gasteiger partial charge in [-0.2, -0.15) is 0 Å². The van der Waals surface area contributed by atoms with Gasteiger partial charge in [-0.15, -0.1) is 0 Å². The van der Waals surface area contributed by atoms with Gasteiger partial charge in [0.1, 0.15) is 5.76 Å². The Kier molecular flexibility index (Phi) is 4.30.